The number of likely N-dealkylation sites (tertiary alicyclic amines) is 1. The van der Waals surface area contributed by atoms with Gasteiger partial charge in [-0.15, -0.1) is 0 Å². The molecule has 0 saturated carbocycles. The lowest BCUT2D eigenvalue weighted by Gasteiger charge is -2.04. The number of hydrogen-bond acceptors (Lipinski definition) is 4. The molecule has 2 rings (SSSR count). The normalized spacial score (nSPS) is 18.1. The van der Waals surface area contributed by atoms with E-state index in [1.54, 1.807) is 25.1 Å². The van der Waals surface area contributed by atoms with Crippen LogP contribution in [-0.4, -0.2) is 38.9 Å². The summed E-state index contributed by atoms with van der Waals surface area (Å²) in [6, 6.07) is 0. The third kappa shape index (κ3) is 1.91. The monoisotopic (exact) mass is 236 g/mol. The Balaban J connectivity index is 2.34. The summed E-state index contributed by atoms with van der Waals surface area (Å²) < 4.78 is 1.36. The summed E-state index contributed by atoms with van der Waals surface area (Å²) in [5.41, 5.74) is 0.635. The predicted molar refractivity (Wildman–Crippen MR) is 60.1 cm³/mol. The number of nitrogens with zero attached hydrogens (tertiary/aromatic N) is 4. The van der Waals surface area contributed by atoms with Crippen molar-refractivity contribution in [3.8, 4) is 0 Å². The number of nitro groups is 1. The second kappa shape index (κ2) is 4.00. The first kappa shape index (κ1) is 11.3. The average molecular weight is 236 g/mol. The van der Waals surface area contributed by atoms with Crippen LogP contribution in [0.2, 0.25) is 0 Å². The van der Waals surface area contributed by atoms with Crippen LogP contribution in [0.5, 0.6) is 0 Å². The molecule has 7 nitrogen and oxygen atoms in total. The summed E-state index contributed by atoms with van der Waals surface area (Å²) in [5.74, 6) is 0.293. The van der Waals surface area contributed by atoms with Crippen LogP contribution in [0, 0.1) is 10.1 Å². The molecule has 1 aliphatic heterocycles. The van der Waals surface area contributed by atoms with Gasteiger partial charge in [0.2, 0.25) is 11.7 Å². The van der Waals surface area contributed by atoms with Gasteiger partial charge in [-0.1, -0.05) is 0 Å². The van der Waals surface area contributed by atoms with Crippen LogP contribution in [0.15, 0.2) is 11.8 Å². The van der Waals surface area contributed by atoms with Gasteiger partial charge in [-0.25, -0.2) is 9.55 Å². The van der Waals surface area contributed by atoms with Crippen molar-refractivity contribution in [2.75, 3.05) is 13.6 Å². The summed E-state index contributed by atoms with van der Waals surface area (Å²) >= 11 is 0. The molecule has 0 radical (unpaired) electrons. The van der Waals surface area contributed by atoms with Gasteiger partial charge in [0.05, 0.1) is 7.05 Å². The Bertz CT molecular complexity index is 518. The van der Waals surface area contributed by atoms with Gasteiger partial charge in [-0.2, -0.15) is 0 Å². The largest absolute Gasteiger partial charge is 0.358 e. The zero-order valence-corrected chi connectivity index (χ0v) is 9.58. The van der Waals surface area contributed by atoms with Crippen LogP contribution in [0.25, 0.3) is 6.08 Å². The van der Waals surface area contributed by atoms with Crippen LogP contribution >= 0.6 is 0 Å². The standard InChI is InChI=1S/C10H12N4O3/c1-12-4-3-7(10(12)15)5-8-11-6-9(13(8)2)14(16)17/h5-6H,3-4H2,1-2H3/b7-5+. The fourth-order valence-electron chi connectivity index (χ4n) is 1.75. The van der Waals surface area contributed by atoms with E-state index in [9.17, 15) is 14.9 Å². The summed E-state index contributed by atoms with van der Waals surface area (Å²) in [7, 11) is 3.28. The van der Waals surface area contributed by atoms with Crippen molar-refractivity contribution in [2.45, 2.75) is 6.42 Å². The van der Waals surface area contributed by atoms with Gasteiger partial charge >= 0.3 is 5.82 Å². The predicted octanol–water partition coefficient (Wildman–Crippen LogP) is 0.574. The molecule has 2 heterocycles. The smallest absolute Gasteiger partial charge is 0.342 e. The first-order valence-corrected chi connectivity index (χ1v) is 5.13. The first-order valence-electron chi connectivity index (χ1n) is 5.13. The Morgan fingerprint density at radius 1 is 1.53 bits per heavy atom. The molecule has 1 aromatic heterocycles. The molecule has 0 spiro atoms. The zero-order chi connectivity index (χ0) is 12.6. The maximum atomic E-state index is 11.6. The van der Waals surface area contributed by atoms with E-state index >= 15 is 0 Å². The van der Waals surface area contributed by atoms with E-state index in [4.69, 9.17) is 0 Å². The molecule has 0 atom stereocenters. The topological polar surface area (TPSA) is 81.3 Å². The lowest BCUT2D eigenvalue weighted by atomic mass is 10.2. The van der Waals surface area contributed by atoms with Crippen molar-refractivity contribution >= 4 is 17.8 Å². The van der Waals surface area contributed by atoms with E-state index < -0.39 is 4.92 Å². The molecule has 17 heavy (non-hydrogen) atoms. The van der Waals surface area contributed by atoms with E-state index in [0.29, 0.717) is 24.4 Å². The fourth-order valence-corrected chi connectivity index (χ4v) is 1.75. The molecule has 90 valence electrons. The molecule has 1 fully saturated rings. The lowest BCUT2D eigenvalue weighted by Crippen LogP contribution is -2.19. The van der Waals surface area contributed by atoms with Crippen molar-refractivity contribution in [1.29, 1.82) is 0 Å². The number of aromatic nitrogens is 2. The summed E-state index contributed by atoms with van der Waals surface area (Å²) in [4.78, 5) is 27.3. The van der Waals surface area contributed by atoms with Crippen molar-refractivity contribution in [3.05, 3.63) is 27.7 Å². The Hall–Kier alpha value is -2.18. The van der Waals surface area contributed by atoms with E-state index in [1.165, 1.54) is 10.8 Å². The molecule has 7 heteroatoms. The second-order valence-electron chi connectivity index (χ2n) is 3.94. The summed E-state index contributed by atoms with van der Waals surface area (Å²) in [6.07, 6.45) is 3.45. The van der Waals surface area contributed by atoms with Crippen LogP contribution < -0.4 is 0 Å². The summed E-state index contributed by atoms with van der Waals surface area (Å²) in [5, 5.41) is 10.6. The number of carbonyl (C=O) groups is 1. The minimum absolute atomic E-state index is 0.0457. The van der Waals surface area contributed by atoms with Crippen LogP contribution in [0.4, 0.5) is 5.82 Å². The minimum Gasteiger partial charge on any atom is -0.358 e. The number of likely N-dealkylation sites (N-methyl/N-ethyl adjacent to an activating group) is 1. The van der Waals surface area contributed by atoms with Crippen molar-refractivity contribution in [1.82, 2.24) is 14.5 Å². The second-order valence-corrected chi connectivity index (χ2v) is 3.94. The molecule has 0 bridgehead atoms. The highest BCUT2D eigenvalue weighted by molar-refractivity contribution is 5.99. The molecule has 0 N–H and O–H groups in total. The highest BCUT2D eigenvalue weighted by atomic mass is 16.6. The van der Waals surface area contributed by atoms with Gasteiger partial charge in [0, 0.05) is 25.2 Å². The summed E-state index contributed by atoms with van der Waals surface area (Å²) in [6.45, 7) is 0.678. The molecular formula is C10H12N4O3. The molecular weight excluding hydrogens is 224 g/mol. The maximum absolute atomic E-state index is 11.6. The van der Waals surface area contributed by atoms with Crippen molar-refractivity contribution in [3.63, 3.8) is 0 Å². The van der Waals surface area contributed by atoms with Gasteiger partial charge in [0.15, 0.2) is 0 Å². The van der Waals surface area contributed by atoms with E-state index in [2.05, 4.69) is 4.98 Å². The molecule has 0 aromatic carbocycles. The fraction of sp³-hybridized carbons (Fsp3) is 0.400. The van der Waals surface area contributed by atoms with E-state index in [-0.39, 0.29) is 11.7 Å². The van der Waals surface area contributed by atoms with Crippen LogP contribution in [0.3, 0.4) is 0 Å². The van der Waals surface area contributed by atoms with Crippen LogP contribution in [-0.2, 0) is 11.8 Å². The van der Waals surface area contributed by atoms with Gasteiger partial charge in [-0.05, 0) is 11.3 Å². The number of rotatable bonds is 2. The van der Waals surface area contributed by atoms with E-state index in [0.717, 1.165) is 0 Å². The Morgan fingerprint density at radius 2 is 2.24 bits per heavy atom. The number of carbonyl (C=O) groups excluding carboxylic acids is 1. The van der Waals surface area contributed by atoms with Crippen molar-refractivity contribution < 1.29 is 9.72 Å². The lowest BCUT2D eigenvalue weighted by molar-refractivity contribution is -0.391. The number of amides is 1. The van der Waals surface area contributed by atoms with Gasteiger partial charge in [-0.3, -0.25) is 4.79 Å². The van der Waals surface area contributed by atoms with Crippen LogP contribution in [0.1, 0.15) is 12.2 Å². The van der Waals surface area contributed by atoms with E-state index in [1.807, 2.05) is 0 Å². The SMILES string of the molecule is CN1CC/C(=C\c2ncc([N+](=O)[O-])n2C)C1=O. The number of imidazole rings is 1. The Morgan fingerprint density at radius 3 is 2.71 bits per heavy atom. The first-order chi connectivity index (χ1) is 8.00. The van der Waals surface area contributed by atoms with Gasteiger partial charge in [0.1, 0.15) is 6.20 Å². The third-order valence-corrected chi connectivity index (χ3v) is 2.83. The third-order valence-electron chi connectivity index (χ3n) is 2.83. The maximum Gasteiger partial charge on any atom is 0.342 e. The zero-order valence-electron chi connectivity index (χ0n) is 9.58. The van der Waals surface area contributed by atoms with Gasteiger partial charge in [0.25, 0.3) is 0 Å². The quantitative estimate of drug-likeness (QED) is 0.427. The average Bonchev–Trinajstić information content (AvgIpc) is 2.77. The highest BCUT2D eigenvalue weighted by Crippen LogP contribution is 2.20. The Kier molecular flexibility index (Phi) is 2.66. The molecule has 1 aromatic rings. The molecule has 1 amide bonds. The number of hydrogen-bond donors (Lipinski definition) is 0. The molecule has 1 saturated heterocycles. The Labute approximate surface area is 97.5 Å². The molecule has 0 aliphatic carbocycles. The highest BCUT2D eigenvalue weighted by Gasteiger charge is 2.24. The minimum atomic E-state index is -0.502. The van der Waals surface area contributed by atoms with Crippen molar-refractivity contribution in [2.24, 2.45) is 7.05 Å². The van der Waals surface area contributed by atoms with Gasteiger partial charge < -0.3 is 15.0 Å². The molecule has 1 aliphatic rings. The molecule has 0 unspecified atom stereocenters.